The lowest BCUT2D eigenvalue weighted by Crippen LogP contribution is -2.36. The fourth-order valence-corrected chi connectivity index (χ4v) is 4.67. The van der Waals surface area contributed by atoms with Gasteiger partial charge in [-0.15, -0.1) is 0 Å². The van der Waals surface area contributed by atoms with Gasteiger partial charge >= 0.3 is 6.09 Å². The summed E-state index contributed by atoms with van der Waals surface area (Å²) >= 11 is 0. The van der Waals surface area contributed by atoms with E-state index >= 15 is 0 Å². The van der Waals surface area contributed by atoms with Gasteiger partial charge < -0.3 is 10.0 Å². The van der Waals surface area contributed by atoms with Crippen molar-refractivity contribution in [3.63, 3.8) is 0 Å². The van der Waals surface area contributed by atoms with E-state index in [0.29, 0.717) is 22.4 Å². The third kappa shape index (κ3) is 5.15. The molecule has 3 rings (SSSR count). The summed E-state index contributed by atoms with van der Waals surface area (Å²) in [7, 11) is -3.98. The van der Waals surface area contributed by atoms with Crippen LogP contribution in [0.25, 0.3) is 11.3 Å². The van der Waals surface area contributed by atoms with Crippen molar-refractivity contribution in [3.8, 4) is 17.3 Å². The van der Waals surface area contributed by atoms with Crippen molar-refractivity contribution in [2.75, 3.05) is 6.54 Å². The molecule has 32 heavy (non-hydrogen) atoms. The lowest BCUT2D eigenvalue weighted by atomic mass is 9.96. The van der Waals surface area contributed by atoms with Crippen LogP contribution in [-0.4, -0.2) is 40.0 Å². The Balaban J connectivity index is 2.11. The highest BCUT2D eigenvalue weighted by Gasteiger charge is 2.25. The van der Waals surface area contributed by atoms with Gasteiger partial charge in [0, 0.05) is 25.1 Å². The highest BCUT2D eigenvalue weighted by atomic mass is 32.2. The van der Waals surface area contributed by atoms with Crippen molar-refractivity contribution in [2.45, 2.75) is 32.2 Å². The quantitative estimate of drug-likeness (QED) is 0.600. The van der Waals surface area contributed by atoms with Gasteiger partial charge in [0.1, 0.15) is 4.90 Å². The van der Waals surface area contributed by atoms with Crippen molar-refractivity contribution in [3.05, 3.63) is 72.2 Å². The molecule has 0 aliphatic heterocycles. The Labute approximate surface area is 187 Å². The lowest BCUT2D eigenvalue weighted by Gasteiger charge is -2.27. The van der Waals surface area contributed by atoms with Gasteiger partial charge in [0.2, 0.25) is 0 Å². The summed E-state index contributed by atoms with van der Waals surface area (Å²) in [4.78, 5) is 17.0. The van der Waals surface area contributed by atoms with E-state index < -0.39 is 16.1 Å². The summed E-state index contributed by atoms with van der Waals surface area (Å²) in [6.45, 7) is 6.12. The Morgan fingerprint density at radius 3 is 2.44 bits per heavy atom. The van der Waals surface area contributed by atoms with Gasteiger partial charge in [-0.1, -0.05) is 32.9 Å². The van der Waals surface area contributed by atoms with Crippen LogP contribution in [0.3, 0.4) is 0 Å². The number of hydrogen-bond donors (Lipinski definition) is 1. The van der Waals surface area contributed by atoms with Crippen molar-refractivity contribution in [2.24, 2.45) is 5.41 Å². The molecule has 0 bridgehead atoms. The minimum atomic E-state index is -3.98. The van der Waals surface area contributed by atoms with Crippen molar-refractivity contribution in [1.82, 2.24) is 13.9 Å². The van der Waals surface area contributed by atoms with E-state index in [0.717, 1.165) is 3.97 Å². The van der Waals surface area contributed by atoms with Crippen molar-refractivity contribution >= 4 is 16.1 Å². The first kappa shape index (κ1) is 23.0. The fourth-order valence-electron chi connectivity index (χ4n) is 3.31. The smallest absolute Gasteiger partial charge is 0.407 e. The summed E-state index contributed by atoms with van der Waals surface area (Å²) in [6.07, 6.45) is 3.11. The molecule has 2 aromatic heterocycles. The van der Waals surface area contributed by atoms with Gasteiger partial charge in [0.05, 0.1) is 23.9 Å². The van der Waals surface area contributed by atoms with E-state index in [2.05, 4.69) is 4.98 Å². The van der Waals surface area contributed by atoms with Gasteiger partial charge in [-0.05, 0) is 46.9 Å². The van der Waals surface area contributed by atoms with Gasteiger partial charge in [0.25, 0.3) is 10.0 Å². The van der Waals surface area contributed by atoms with Crippen LogP contribution in [-0.2, 0) is 16.6 Å². The molecule has 0 saturated carbocycles. The van der Waals surface area contributed by atoms with Crippen LogP contribution in [0.4, 0.5) is 4.79 Å². The van der Waals surface area contributed by atoms with E-state index in [1.165, 1.54) is 35.6 Å². The zero-order chi connectivity index (χ0) is 23.5. The number of nitrogens with zero attached hydrogens (tertiary/aromatic N) is 4. The molecule has 0 radical (unpaired) electrons. The standard InChI is InChI=1S/C23H24N4O4S/c1-23(2,3)16-26(22(28)29)14-18-11-21(19-8-6-17(12-24)7-9-19)27(15-18)32(30,31)20-5-4-10-25-13-20/h4-11,13,15H,14,16H2,1-3H3,(H,28,29). The third-order valence-corrected chi connectivity index (χ3v) is 6.31. The van der Waals surface area contributed by atoms with Crippen molar-refractivity contribution < 1.29 is 18.3 Å². The summed E-state index contributed by atoms with van der Waals surface area (Å²) in [6, 6.07) is 13.2. The minimum Gasteiger partial charge on any atom is -0.465 e. The maximum atomic E-state index is 13.4. The number of carbonyl (C=O) groups is 1. The molecule has 0 aliphatic carbocycles. The predicted octanol–water partition coefficient (Wildman–Crippen LogP) is 4.18. The highest BCUT2D eigenvalue weighted by molar-refractivity contribution is 7.90. The molecule has 0 fully saturated rings. The average molecular weight is 453 g/mol. The van der Waals surface area contributed by atoms with Gasteiger partial charge in [0.15, 0.2) is 0 Å². The number of rotatable bonds is 6. The van der Waals surface area contributed by atoms with Crippen LogP contribution in [0.1, 0.15) is 31.9 Å². The Kier molecular flexibility index (Phi) is 6.37. The second-order valence-electron chi connectivity index (χ2n) is 8.61. The summed E-state index contributed by atoms with van der Waals surface area (Å²) in [5.41, 5.74) is 1.67. The first-order chi connectivity index (χ1) is 15.0. The van der Waals surface area contributed by atoms with Crippen LogP contribution >= 0.6 is 0 Å². The Bertz CT molecular complexity index is 1250. The molecule has 1 amide bonds. The fraction of sp³-hybridized carbons (Fsp3) is 0.261. The number of benzene rings is 1. The molecule has 0 atom stereocenters. The van der Waals surface area contributed by atoms with Crippen LogP contribution in [0.15, 0.2) is 66.0 Å². The number of carboxylic acid groups (broad SMARTS) is 1. The molecular weight excluding hydrogens is 428 g/mol. The van der Waals surface area contributed by atoms with Crippen LogP contribution in [0, 0.1) is 16.7 Å². The number of nitriles is 1. The number of amides is 1. The first-order valence-electron chi connectivity index (χ1n) is 9.86. The largest absolute Gasteiger partial charge is 0.465 e. The zero-order valence-electron chi connectivity index (χ0n) is 18.1. The topological polar surface area (TPSA) is 116 Å². The van der Waals surface area contributed by atoms with Crippen molar-refractivity contribution in [1.29, 1.82) is 5.26 Å². The molecule has 0 unspecified atom stereocenters. The van der Waals surface area contributed by atoms with E-state index in [-0.39, 0.29) is 23.4 Å². The first-order valence-corrected chi connectivity index (χ1v) is 11.3. The van der Waals surface area contributed by atoms with Crippen LogP contribution in [0.2, 0.25) is 0 Å². The summed E-state index contributed by atoms with van der Waals surface area (Å²) < 4.78 is 27.8. The second kappa shape index (κ2) is 8.85. The van der Waals surface area contributed by atoms with E-state index in [4.69, 9.17) is 5.26 Å². The number of hydrogen-bond acceptors (Lipinski definition) is 5. The Morgan fingerprint density at radius 1 is 1.22 bits per heavy atom. The molecule has 3 aromatic rings. The maximum Gasteiger partial charge on any atom is 0.407 e. The summed E-state index contributed by atoms with van der Waals surface area (Å²) in [5.74, 6) is 0. The Morgan fingerprint density at radius 2 is 1.91 bits per heavy atom. The lowest BCUT2D eigenvalue weighted by molar-refractivity contribution is 0.123. The molecule has 8 nitrogen and oxygen atoms in total. The SMILES string of the molecule is CC(C)(C)CN(Cc1cc(-c2ccc(C#N)cc2)n(S(=O)(=O)c2cccnc2)c1)C(=O)O. The molecule has 0 spiro atoms. The number of aromatic nitrogens is 2. The van der Waals surface area contributed by atoms with E-state index in [9.17, 15) is 18.3 Å². The van der Waals surface area contributed by atoms with E-state index in [1.807, 2.05) is 26.8 Å². The van der Waals surface area contributed by atoms with Gasteiger partial charge in [-0.2, -0.15) is 5.26 Å². The normalized spacial score (nSPS) is 11.7. The number of pyridine rings is 1. The van der Waals surface area contributed by atoms with Gasteiger partial charge in [-0.25, -0.2) is 17.2 Å². The molecule has 1 N–H and O–H groups in total. The third-order valence-electron chi connectivity index (χ3n) is 4.65. The molecule has 2 heterocycles. The zero-order valence-corrected chi connectivity index (χ0v) is 18.9. The predicted molar refractivity (Wildman–Crippen MR) is 119 cm³/mol. The molecule has 0 saturated heterocycles. The summed E-state index contributed by atoms with van der Waals surface area (Å²) in [5, 5.41) is 18.7. The average Bonchev–Trinajstić information content (AvgIpc) is 3.17. The maximum absolute atomic E-state index is 13.4. The molecule has 9 heteroatoms. The van der Waals surface area contributed by atoms with Crippen LogP contribution in [0.5, 0.6) is 0 Å². The molecule has 0 aliphatic rings. The molecular formula is C23H24N4O4S. The van der Waals surface area contributed by atoms with Crippen LogP contribution < -0.4 is 0 Å². The minimum absolute atomic E-state index is 0.0156. The van der Waals surface area contributed by atoms with E-state index in [1.54, 1.807) is 30.3 Å². The Hall–Kier alpha value is -3.64. The monoisotopic (exact) mass is 452 g/mol. The second-order valence-corrected chi connectivity index (χ2v) is 10.4. The molecule has 1 aromatic carbocycles. The van der Waals surface area contributed by atoms with Gasteiger partial charge in [-0.3, -0.25) is 4.98 Å². The molecule has 166 valence electrons. The highest BCUT2D eigenvalue weighted by Crippen LogP contribution is 2.28.